The summed E-state index contributed by atoms with van der Waals surface area (Å²) in [5, 5.41) is 10.2. The first-order chi connectivity index (χ1) is 7.04. The van der Waals surface area contributed by atoms with Crippen molar-refractivity contribution < 1.29 is 9.50 Å². The summed E-state index contributed by atoms with van der Waals surface area (Å²) in [5.74, 6) is 0. The van der Waals surface area contributed by atoms with E-state index in [0.29, 0.717) is 23.4 Å². The minimum Gasteiger partial charge on any atom is -0.389 e. The second-order valence-electron chi connectivity index (χ2n) is 4.23. The summed E-state index contributed by atoms with van der Waals surface area (Å²) in [6, 6.07) is 5.14. The maximum atomic E-state index is 14.4. The van der Waals surface area contributed by atoms with Crippen LogP contribution < -0.4 is 0 Å². The van der Waals surface area contributed by atoms with Crippen LogP contribution in [0.3, 0.4) is 0 Å². The van der Waals surface area contributed by atoms with Gasteiger partial charge in [-0.2, -0.15) is 0 Å². The quantitative estimate of drug-likeness (QED) is 0.782. The number of aliphatic hydroxyl groups is 1. The Labute approximate surface area is 93.9 Å². The van der Waals surface area contributed by atoms with Crippen LogP contribution in [0.2, 0.25) is 5.02 Å². The molecule has 1 saturated carbocycles. The van der Waals surface area contributed by atoms with Gasteiger partial charge in [0.15, 0.2) is 5.67 Å². The molecule has 1 fully saturated rings. The topological polar surface area (TPSA) is 20.2 Å². The van der Waals surface area contributed by atoms with Crippen LogP contribution in [0.25, 0.3) is 0 Å². The molecule has 0 heterocycles. The lowest BCUT2D eigenvalue weighted by Crippen LogP contribution is -2.29. The Morgan fingerprint density at radius 3 is 2.80 bits per heavy atom. The van der Waals surface area contributed by atoms with Crippen molar-refractivity contribution in [3.8, 4) is 0 Å². The number of halogens is 2. The van der Waals surface area contributed by atoms with Crippen LogP contribution in [0.5, 0.6) is 0 Å². The molecule has 0 amide bonds. The molecule has 15 heavy (non-hydrogen) atoms. The standard InChI is InChI=1S/C12H14ClFO/c1-8-4-5-9(7-10(8)13)12(14)6-2-3-11(12)15/h4-5,7,11,15H,2-3,6H2,1H3. The summed E-state index contributed by atoms with van der Waals surface area (Å²) < 4.78 is 14.4. The fourth-order valence-corrected chi connectivity index (χ4v) is 2.32. The van der Waals surface area contributed by atoms with Crippen LogP contribution in [0.4, 0.5) is 4.39 Å². The van der Waals surface area contributed by atoms with Crippen molar-refractivity contribution in [2.75, 3.05) is 0 Å². The average molecular weight is 229 g/mol. The van der Waals surface area contributed by atoms with Crippen molar-refractivity contribution in [3.63, 3.8) is 0 Å². The van der Waals surface area contributed by atoms with Gasteiger partial charge in [0, 0.05) is 5.02 Å². The molecular weight excluding hydrogens is 215 g/mol. The summed E-state index contributed by atoms with van der Waals surface area (Å²) in [7, 11) is 0. The minimum atomic E-state index is -1.60. The predicted octanol–water partition coefficient (Wildman–Crippen LogP) is 3.36. The summed E-state index contributed by atoms with van der Waals surface area (Å²) in [6.07, 6.45) is 0.745. The number of hydrogen-bond donors (Lipinski definition) is 1. The molecule has 1 aliphatic rings. The molecule has 0 spiro atoms. The van der Waals surface area contributed by atoms with Crippen LogP contribution in [0, 0.1) is 6.92 Å². The molecule has 2 rings (SSSR count). The fraction of sp³-hybridized carbons (Fsp3) is 0.500. The Bertz CT molecular complexity index is 380. The van der Waals surface area contributed by atoms with Gasteiger partial charge >= 0.3 is 0 Å². The first-order valence-electron chi connectivity index (χ1n) is 5.17. The molecule has 1 aliphatic carbocycles. The van der Waals surface area contributed by atoms with E-state index >= 15 is 0 Å². The number of alkyl halides is 1. The maximum Gasteiger partial charge on any atom is 0.161 e. The van der Waals surface area contributed by atoms with Gasteiger partial charge in [0.05, 0.1) is 6.10 Å². The molecule has 0 aliphatic heterocycles. The smallest absolute Gasteiger partial charge is 0.161 e. The molecule has 2 atom stereocenters. The van der Waals surface area contributed by atoms with E-state index in [0.717, 1.165) is 12.0 Å². The highest BCUT2D eigenvalue weighted by atomic mass is 35.5. The minimum absolute atomic E-state index is 0.382. The van der Waals surface area contributed by atoms with Crippen molar-refractivity contribution in [1.82, 2.24) is 0 Å². The SMILES string of the molecule is Cc1ccc(C2(F)CCCC2O)cc1Cl. The predicted molar refractivity (Wildman–Crippen MR) is 58.8 cm³/mol. The van der Waals surface area contributed by atoms with Crippen LogP contribution in [-0.2, 0) is 5.67 Å². The van der Waals surface area contributed by atoms with Gasteiger partial charge in [-0.3, -0.25) is 0 Å². The van der Waals surface area contributed by atoms with E-state index in [9.17, 15) is 9.50 Å². The zero-order chi connectivity index (χ0) is 11.1. The number of benzene rings is 1. The second-order valence-corrected chi connectivity index (χ2v) is 4.64. The molecule has 0 aromatic heterocycles. The summed E-state index contributed by atoms with van der Waals surface area (Å²) in [4.78, 5) is 0. The van der Waals surface area contributed by atoms with E-state index in [1.165, 1.54) is 0 Å². The zero-order valence-corrected chi connectivity index (χ0v) is 9.39. The van der Waals surface area contributed by atoms with E-state index < -0.39 is 11.8 Å². The van der Waals surface area contributed by atoms with Gasteiger partial charge in [-0.15, -0.1) is 0 Å². The molecule has 2 unspecified atom stereocenters. The lowest BCUT2D eigenvalue weighted by Gasteiger charge is -2.24. The summed E-state index contributed by atoms with van der Waals surface area (Å²) in [6.45, 7) is 1.88. The van der Waals surface area contributed by atoms with Crippen molar-refractivity contribution in [2.24, 2.45) is 0 Å². The van der Waals surface area contributed by atoms with E-state index in [-0.39, 0.29) is 0 Å². The van der Waals surface area contributed by atoms with E-state index in [1.54, 1.807) is 18.2 Å². The molecule has 0 radical (unpaired) electrons. The number of hydrogen-bond acceptors (Lipinski definition) is 1. The number of rotatable bonds is 1. The zero-order valence-electron chi connectivity index (χ0n) is 8.63. The monoisotopic (exact) mass is 228 g/mol. The van der Waals surface area contributed by atoms with Crippen molar-refractivity contribution in [2.45, 2.75) is 38.0 Å². The normalized spacial score (nSPS) is 30.8. The third-order valence-electron chi connectivity index (χ3n) is 3.20. The first-order valence-corrected chi connectivity index (χ1v) is 5.55. The van der Waals surface area contributed by atoms with Gasteiger partial charge in [-0.1, -0.05) is 23.7 Å². The van der Waals surface area contributed by atoms with Gasteiger partial charge in [-0.05, 0) is 43.4 Å². The highest BCUT2D eigenvalue weighted by Gasteiger charge is 2.44. The van der Waals surface area contributed by atoms with E-state index in [4.69, 9.17) is 11.6 Å². The third kappa shape index (κ3) is 1.77. The lowest BCUT2D eigenvalue weighted by atomic mass is 9.91. The van der Waals surface area contributed by atoms with Crippen LogP contribution in [-0.4, -0.2) is 11.2 Å². The van der Waals surface area contributed by atoms with Crippen LogP contribution in [0.15, 0.2) is 18.2 Å². The Morgan fingerprint density at radius 1 is 1.53 bits per heavy atom. The van der Waals surface area contributed by atoms with Gasteiger partial charge in [0.2, 0.25) is 0 Å². The summed E-state index contributed by atoms with van der Waals surface area (Å²) >= 11 is 5.95. The Morgan fingerprint density at radius 2 is 2.27 bits per heavy atom. The van der Waals surface area contributed by atoms with Crippen LogP contribution >= 0.6 is 11.6 Å². The van der Waals surface area contributed by atoms with Gasteiger partial charge < -0.3 is 5.11 Å². The Balaban J connectivity index is 2.40. The Hall–Kier alpha value is -0.600. The molecule has 1 aromatic carbocycles. The lowest BCUT2D eigenvalue weighted by molar-refractivity contribution is 0.0134. The molecule has 3 heteroatoms. The highest BCUT2D eigenvalue weighted by Crippen LogP contribution is 2.43. The van der Waals surface area contributed by atoms with Crippen molar-refractivity contribution in [3.05, 3.63) is 34.3 Å². The second kappa shape index (κ2) is 3.76. The third-order valence-corrected chi connectivity index (χ3v) is 3.61. The molecule has 0 bridgehead atoms. The molecule has 0 saturated heterocycles. The first kappa shape index (κ1) is 10.9. The number of aliphatic hydroxyl groups excluding tert-OH is 1. The van der Waals surface area contributed by atoms with Crippen molar-refractivity contribution >= 4 is 11.6 Å². The van der Waals surface area contributed by atoms with Crippen molar-refractivity contribution in [1.29, 1.82) is 0 Å². The van der Waals surface area contributed by atoms with E-state index in [1.807, 2.05) is 6.92 Å². The van der Waals surface area contributed by atoms with Gasteiger partial charge in [0.25, 0.3) is 0 Å². The Kier molecular flexibility index (Phi) is 2.73. The molecular formula is C12H14ClFO. The molecule has 1 aromatic rings. The molecule has 82 valence electrons. The largest absolute Gasteiger partial charge is 0.389 e. The van der Waals surface area contributed by atoms with Crippen LogP contribution in [0.1, 0.15) is 30.4 Å². The average Bonchev–Trinajstić information content (AvgIpc) is 2.53. The maximum absolute atomic E-state index is 14.4. The molecule has 1 N–H and O–H groups in total. The summed E-state index contributed by atoms with van der Waals surface area (Å²) in [5.41, 5.74) is -0.170. The number of aryl methyl sites for hydroxylation is 1. The highest BCUT2D eigenvalue weighted by molar-refractivity contribution is 6.31. The molecule has 1 nitrogen and oxygen atoms in total. The van der Waals surface area contributed by atoms with Gasteiger partial charge in [0.1, 0.15) is 0 Å². The fourth-order valence-electron chi connectivity index (χ4n) is 2.14. The van der Waals surface area contributed by atoms with Gasteiger partial charge in [-0.25, -0.2) is 4.39 Å². The van der Waals surface area contributed by atoms with E-state index in [2.05, 4.69) is 0 Å².